The van der Waals surface area contributed by atoms with Crippen molar-refractivity contribution in [1.82, 2.24) is 15.2 Å². The van der Waals surface area contributed by atoms with Crippen LogP contribution in [0.5, 0.6) is 5.75 Å². The first kappa shape index (κ1) is 21.0. The molecule has 156 valence electrons. The molecule has 1 saturated heterocycles. The van der Waals surface area contributed by atoms with Crippen LogP contribution in [0.25, 0.3) is 0 Å². The van der Waals surface area contributed by atoms with Gasteiger partial charge in [-0.1, -0.05) is 18.2 Å². The van der Waals surface area contributed by atoms with Gasteiger partial charge in [-0.25, -0.2) is 0 Å². The number of aromatic amines is 1. The van der Waals surface area contributed by atoms with Gasteiger partial charge in [0.15, 0.2) is 0 Å². The predicted octanol–water partition coefficient (Wildman–Crippen LogP) is 3.51. The number of piperidine rings is 1. The number of carbonyl (C=O) groups is 2. The zero-order valence-corrected chi connectivity index (χ0v) is 17.8. The van der Waals surface area contributed by atoms with Gasteiger partial charge in [0.1, 0.15) is 11.4 Å². The molecular weight excluding hydrogens is 366 g/mol. The molecule has 0 spiro atoms. The van der Waals surface area contributed by atoms with E-state index in [1.807, 2.05) is 49.9 Å². The van der Waals surface area contributed by atoms with Gasteiger partial charge in [-0.2, -0.15) is 0 Å². The fourth-order valence-electron chi connectivity index (χ4n) is 3.93. The second-order valence-electron chi connectivity index (χ2n) is 7.90. The number of aromatic nitrogens is 1. The maximum atomic E-state index is 12.8. The van der Waals surface area contributed by atoms with Crippen LogP contribution in [-0.2, 0) is 11.3 Å². The summed E-state index contributed by atoms with van der Waals surface area (Å²) in [5, 5.41) is 2.99. The summed E-state index contributed by atoms with van der Waals surface area (Å²) in [5.41, 5.74) is 4.90. The van der Waals surface area contributed by atoms with Crippen molar-refractivity contribution in [3.63, 3.8) is 0 Å². The number of hydrogen-bond acceptors (Lipinski definition) is 3. The summed E-state index contributed by atoms with van der Waals surface area (Å²) in [4.78, 5) is 30.3. The minimum absolute atomic E-state index is 0.0483. The Morgan fingerprint density at radius 3 is 2.45 bits per heavy atom. The Balaban J connectivity index is 1.47. The van der Waals surface area contributed by atoms with Crippen LogP contribution in [0.1, 0.15) is 52.1 Å². The van der Waals surface area contributed by atoms with E-state index in [2.05, 4.69) is 10.3 Å². The van der Waals surface area contributed by atoms with Crippen LogP contribution in [0.3, 0.4) is 0 Å². The van der Waals surface area contributed by atoms with Crippen molar-refractivity contribution in [3.05, 3.63) is 52.3 Å². The second-order valence-corrected chi connectivity index (χ2v) is 7.90. The zero-order chi connectivity index (χ0) is 21.0. The largest absolute Gasteiger partial charge is 0.496 e. The molecule has 6 heteroatoms. The van der Waals surface area contributed by atoms with E-state index in [9.17, 15) is 9.59 Å². The fourth-order valence-corrected chi connectivity index (χ4v) is 3.93. The minimum Gasteiger partial charge on any atom is -0.496 e. The lowest BCUT2D eigenvalue weighted by atomic mass is 9.93. The quantitative estimate of drug-likeness (QED) is 0.783. The Labute approximate surface area is 172 Å². The number of carbonyl (C=O) groups excluding carboxylic acids is 2. The maximum absolute atomic E-state index is 12.8. The molecule has 2 heterocycles. The van der Waals surface area contributed by atoms with Crippen molar-refractivity contribution < 1.29 is 14.3 Å². The lowest BCUT2D eigenvalue weighted by molar-refractivity contribution is -0.122. The normalized spacial score (nSPS) is 14.7. The number of aryl methyl sites for hydroxylation is 1. The molecule has 0 radical (unpaired) electrons. The van der Waals surface area contributed by atoms with Gasteiger partial charge in [0, 0.05) is 37.3 Å². The predicted molar refractivity (Wildman–Crippen MR) is 113 cm³/mol. The topological polar surface area (TPSA) is 74.4 Å². The third-order valence-electron chi connectivity index (χ3n) is 6.07. The molecule has 3 rings (SSSR count). The van der Waals surface area contributed by atoms with Crippen LogP contribution >= 0.6 is 0 Å². The van der Waals surface area contributed by atoms with Gasteiger partial charge in [-0.15, -0.1) is 0 Å². The van der Waals surface area contributed by atoms with Crippen molar-refractivity contribution in [1.29, 1.82) is 0 Å². The molecule has 1 aromatic carbocycles. The number of rotatable bonds is 6. The van der Waals surface area contributed by atoms with Crippen LogP contribution in [0.15, 0.2) is 24.3 Å². The van der Waals surface area contributed by atoms with Gasteiger partial charge in [0.05, 0.1) is 7.11 Å². The van der Waals surface area contributed by atoms with Gasteiger partial charge >= 0.3 is 0 Å². The molecule has 1 aromatic heterocycles. The molecule has 1 aliphatic rings. The van der Waals surface area contributed by atoms with Crippen LogP contribution in [0.2, 0.25) is 0 Å². The number of para-hydroxylation sites is 1. The van der Waals surface area contributed by atoms with Gasteiger partial charge in [-0.05, 0) is 56.7 Å². The van der Waals surface area contributed by atoms with E-state index in [-0.39, 0.29) is 11.8 Å². The molecule has 2 amide bonds. The van der Waals surface area contributed by atoms with E-state index in [4.69, 9.17) is 4.74 Å². The Morgan fingerprint density at radius 2 is 1.83 bits per heavy atom. The smallest absolute Gasteiger partial charge is 0.270 e. The van der Waals surface area contributed by atoms with Crippen LogP contribution in [0.4, 0.5) is 0 Å². The van der Waals surface area contributed by atoms with Crippen molar-refractivity contribution in [2.75, 3.05) is 20.2 Å². The Kier molecular flexibility index (Phi) is 6.62. The molecule has 2 N–H and O–H groups in total. The van der Waals surface area contributed by atoms with E-state index in [1.54, 1.807) is 7.11 Å². The van der Waals surface area contributed by atoms with Crippen molar-refractivity contribution in [2.24, 2.45) is 5.92 Å². The van der Waals surface area contributed by atoms with Crippen molar-refractivity contribution in [2.45, 2.75) is 46.6 Å². The summed E-state index contributed by atoms with van der Waals surface area (Å²) in [7, 11) is 1.63. The molecule has 0 aliphatic carbocycles. The van der Waals surface area contributed by atoms with E-state index >= 15 is 0 Å². The molecule has 0 bridgehead atoms. The summed E-state index contributed by atoms with van der Waals surface area (Å²) in [6, 6.07) is 7.69. The number of methoxy groups -OCH3 is 1. The molecule has 0 unspecified atom stereocenters. The third kappa shape index (κ3) is 4.81. The molecule has 1 fully saturated rings. The van der Waals surface area contributed by atoms with Gasteiger partial charge in [0.2, 0.25) is 5.91 Å². The maximum Gasteiger partial charge on any atom is 0.270 e. The van der Waals surface area contributed by atoms with E-state index in [0.29, 0.717) is 37.7 Å². The number of hydrogen-bond donors (Lipinski definition) is 2. The monoisotopic (exact) mass is 397 g/mol. The lowest BCUT2D eigenvalue weighted by Crippen LogP contribution is -2.40. The number of amides is 2. The summed E-state index contributed by atoms with van der Waals surface area (Å²) in [5.74, 6) is 1.21. The highest BCUT2D eigenvalue weighted by Gasteiger charge is 2.27. The lowest BCUT2D eigenvalue weighted by Gasteiger charge is -2.31. The van der Waals surface area contributed by atoms with Crippen molar-refractivity contribution in [3.8, 4) is 5.75 Å². The first-order valence-corrected chi connectivity index (χ1v) is 10.2. The highest BCUT2D eigenvalue weighted by atomic mass is 16.5. The highest BCUT2D eigenvalue weighted by molar-refractivity contribution is 5.94. The first-order chi connectivity index (χ1) is 13.9. The summed E-state index contributed by atoms with van der Waals surface area (Å²) >= 11 is 0. The first-order valence-electron chi connectivity index (χ1n) is 10.2. The zero-order valence-electron chi connectivity index (χ0n) is 17.8. The molecular formula is C23H31N3O3. The second kappa shape index (κ2) is 9.16. The van der Waals surface area contributed by atoms with Gasteiger partial charge < -0.3 is 19.9 Å². The molecule has 1 aliphatic heterocycles. The van der Waals surface area contributed by atoms with Gasteiger partial charge in [0.25, 0.3) is 5.91 Å². The SMILES string of the molecule is COc1ccccc1CNC(=O)CC1CCN(C(=O)c2[nH]c(C)c(C)c2C)CC1. The van der Waals surface area contributed by atoms with E-state index in [1.165, 1.54) is 0 Å². The standard InChI is InChI=1S/C23H31N3O3/c1-15-16(2)22(25-17(15)3)23(28)26-11-9-18(10-12-26)13-21(27)24-14-19-7-5-6-8-20(19)29-4/h5-8,18,25H,9-14H2,1-4H3,(H,24,27). The highest BCUT2D eigenvalue weighted by Crippen LogP contribution is 2.24. The Hall–Kier alpha value is -2.76. The van der Waals surface area contributed by atoms with Crippen LogP contribution in [-0.4, -0.2) is 41.9 Å². The minimum atomic E-state index is 0.0483. The third-order valence-corrected chi connectivity index (χ3v) is 6.07. The number of nitrogens with zero attached hydrogens (tertiary/aromatic N) is 1. The summed E-state index contributed by atoms with van der Waals surface area (Å²) in [6.45, 7) is 7.87. The van der Waals surface area contributed by atoms with E-state index < -0.39 is 0 Å². The number of H-pyrrole nitrogens is 1. The number of likely N-dealkylation sites (tertiary alicyclic amines) is 1. The molecule has 0 saturated carbocycles. The Morgan fingerprint density at radius 1 is 1.14 bits per heavy atom. The Bertz CT molecular complexity index is 879. The molecule has 0 atom stereocenters. The average Bonchev–Trinajstić information content (AvgIpc) is 2.99. The number of benzene rings is 1. The van der Waals surface area contributed by atoms with Crippen molar-refractivity contribution >= 4 is 11.8 Å². The average molecular weight is 398 g/mol. The van der Waals surface area contributed by atoms with Crippen LogP contribution < -0.4 is 10.1 Å². The molecule has 2 aromatic rings. The summed E-state index contributed by atoms with van der Waals surface area (Å²) < 4.78 is 5.32. The molecule has 6 nitrogen and oxygen atoms in total. The number of nitrogens with one attached hydrogen (secondary N) is 2. The van der Waals surface area contributed by atoms with Crippen LogP contribution in [0, 0.1) is 26.7 Å². The van der Waals surface area contributed by atoms with Gasteiger partial charge in [-0.3, -0.25) is 9.59 Å². The fraction of sp³-hybridized carbons (Fsp3) is 0.478. The number of ether oxygens (including phenoxy) is 1. The van der Waals surface area contributed by atoms with E-state index in [0.717, 1.165) is 41.0 Å². The molecule has 29 heavy (non-hydrogen) atoms. The summed E-state index contributed by atoms with van der Waals surface area (Å²) in [6.07, 6.45) is 2.20.